The first-order valence-electron chi connectivity index (χ1n) is 2.63. The average Bonchev–Trinajstić information content (AvgIpc) is 1.61. The number of carboxylic acid groups (broad SMARTS) is 1. The van der Waals surface area contributed by atoms with Gasteiger partial charge in [0.15, 0.2) is 0 Å². The van der Waals surface area contributed by atoms with Crippen molar-refractivity contribution >= 4 is 12.4 Å². The van der Waals surface area contributed by atoms with Crippen molar-refractivity contribution in [2.45, 2.75) is 12.5 Å². The van der Waals surface area contributed by atoms with Crippen LogP contribution in [0.4, 0.5) is 0 Å². The summed E-state index contributed by atoms with van der Waals surface area (Å²) in [5.74, 6) is -0.940. The molecule has 1 atom stereocenters. The minimum Gasteiger partial charge on any atom is -0.480 e. The van der Waals surface area contributed by atoms with E-state index in [1.54, 1.807) is 0 Å². The van der Waals surface area contributed by atoms with E-state index in [-0.39, 0.29) is 0 Å². The highest BCUT2D eigenvalue weighted by molar-refractivity contribution is 5.77. The van der Waals surface area contributed by atoms with Gasteiger partial charge in [-0.25, -0.2) is 4.79 Å². The Morgan fingerprint density at radius 3 is 2.56 bits per heavy atom. The molecule has 9 heavy (non-hydrogen) atoms. The van der Waals surface area contributed by atoms with E-state index in [4.69, 9.17) is 5.11 Å². The summed E-state index contributed by atoms with van der Waals surface area (Å²) in [6, 6.07) is -0.609. The number of hydrogen-bond acceptors (Lipinski definition) is 2. The molecule has 1 heterocycles. The molecule has 1 unspecified atom stereocenters. The van der Waals surface area contributed by atoms with E-state index >= 15 is 0 Å². The number of nitrogens with zero attached hydrogens (tertiary/aromatic N) is 1. The van der Waals surface area contributed by atoms with Gasteiger partial charge in [0.25, 0.3) is 0 Å². The zero-order valence-corrected chi connectivity index (χ0v) is 4.70. The Balaban J connectivity index is 2.44. The van der Waals surface area contributed by atoms with Crippen LogP contribution in [0.5, 0.6) is 0 Å². The van der Waals surface area contributed by atoms with Gasteiger partial charge in [-0.15, -0.1) is 0 Å². The molecule has 4 heteroatoms. The first-order chi connectivity index (χ1) is 4.25. The summed E-state index contributed by atoms with van der Waals surface area (Å²) < 4.78 is 0. The molecule has 1 saturated heterocycles. The fourth-order valence-electron chi connectivity index (χ4n) is 0.753. The SMILES string of the molecule is O=[C]N1CCC1C(=O)O. The Labute approximate surface area is 52.1 Å². The molecule has 1 N–H and O–H groups in total. The van der Waals surface area contributed by atoms with E-state index < -0.39 is 12.0 Å². The molecule has 0 aromatic rings. The molecule has 1 rings (SSSR count). The van der Waals surface area contributed by atoms with E-state index in [9.17, 15) is 9.59 Å². The Kier molecular flexibility index (Phi) is 1.38. The van der Waals surface area contributed by atoms with Crippen molar-refractivity contribution in [3.8, 4) is 0 Å². The van der Waals surface area contributed by atoms with Gasteiger partial charge < -0.3 is 10.0 Å². The summed E-state index contributed by atoms with van der Waals surface area (Å²) >= 11 is 0. The third kappa shape index (κ3) is 0.872. The maximum atomic E-state index is 10.1. The quantitative estimate of drug-likeness (QED) is 0.530. The van der Waals surface area contributed by atoms with Crippen LogP contribution in [0.3, 0.4) is 0 Å². The molecule has 0 aliphatic carbocycles. The summed E-state index contributed by atoms with van der Waals surface area (Å²) in [5, 5.41) is 8.31. The molecular formula is C5H6NO3. The van der Waals surface area contributed by atoms with Crippen molar-refractivity contribution in [3.05, 3.63) is 0 Å². The summed E-state index contributed by atoms with van der Waals surface area (Å²) in [4.78, 5) is 21.1. The Morgan fingerprint density at radius 2 is 2.44 bits per heavy atom. The molecule has 0 bridgehead atoms. The van der Waals surface area contributed by atoms with Gasteiger partial charge in [-0.2, -0.15) is 0 Å². The number of carbonyl (C=O) groups is 1. The molecule has 1 aliphatic heterocycles. The molecule has 1 aliphatic rings. The lowest BCUT2D eigenvalue weighted by molar-refractivity contribution is -0.145. The Hall–Kier alpha value is -1.06. The maximum absolute atomic E-state index is 10.1. The normalized spacial score (nSPS) is 24.9. The standard InChI is InChI=1S/C5H6NO3/c7-3-6-2-1-4(6)5(8)9/h4H,1-2H2,(H,8,9). The lowest BCUT2D eigenvalue weighted by Gasteiger charge is -2.33. The van der Waals surface area contributed by atoms with Crippen molar-refractivity contribution in [2.24, 2.45) is 0 Å². The van der Waals surface area contributed by atoms with Crippen molar-refractivity contribution in [3.63, 3.8) is 0 Å². The van der Waals surface area contributed by atoms with E-state index in [2.05, 4.69) is 0 Å². The first-order valence-corrected chi connectivity index (χ1v) is 2.63. The van der Waals surface area contributed by atoms with Crippen LogP contribution in [0, 0.1) is 0 Å². The minimum atomic E-state index is -0.940. The molecule has 1 radical (unpaired) electrons. The van der Waals surface area contributed by atoms with E-state index in [0.717, 1.165) is 4.90 Å². The van der Waals surface area contributed by atoms with Gasteiger partial charge >= 0.3 is 12.4 Å². The van der Waals surface area contributed by atoms with Crippen molar-refractivity contribution in [2.75, 3.05) is 6.54 Å². The van der Waals surface area contributed by atoms with Crippen LogP contribution in [0.15, 0.2) is 0 Å². The van der Waals surface area contributed by atoms with Gasteiger partial charge in [-0.05, 0) is 6.42 Å². The fourth-order valence-corrected chi connectivity index (χ4v) is 0.753. The van der Waals surface area contributed by atoms with Crippen LogP contribution in [0.1, 0.15) is 6.42 Å². The summed E-state index contributed by atoms with van der Waals surface area (Å²) in [6.45, 7) is 0.528. The van der Waals surface area contributed by atoms with Crippen LogP contribution < -0.4 is 0 Å². The zero-order valence-electron chi connectivity index (χ0n) is 4.70. The monoisotopic (exact) mass is 128 g/mol. The van der Waals surface area contributed by atoms with Crippen LogP contribution >= 0.6 is 0 Å². The smallest absolute Gasteiger partial charge is 0.326 e. The maximum Gasteiger partial charge on any atom is 0.326 e. The Bertz CT molecular complexity index is 145. The molecule has 1 amide bonds. The molecule has 4 nitrogen and oxygen atoms in total. The highest BCUT2D eigenvalue weighted by Gasteiger charge is 2.33. The summed E-state index contributed by atoms with van der Waals surface area (Å²) in [6.07, 6.45) is 2.10. The van der Waals surface area contributed by atoms with Gasteiger partial charge in [0.2, 0.25) is 0 Å². The number of rotatable bonds is 2. The summed E-state index contributed by atoms with van der Waals surface area (Å²) in [7, 11) is 0. The summed E-state index contributed by atoms with van der Waals surface area (Å²) in [5.41, 5.74) is 0. The second-order valence-electron chi connectivity index (χ2n) is 1.93. The fraction of sp³-hybridized carbons (Fsp3) is 0.600. The molecule has 0 saturated carbocycles. The topological polar surface area (TPSA) is 57.6 Å². The predicted molar refractivity (Wildman–Crippen MR) is 28.4 cm³/mol. The number of hydrogen-bond donors (Lipinski definition) is 1. The number of carbonyl (C=O) groups excluding carboxylic acids is 1. The molecule has 0 spiro atoms. The van der Waals surface area contributed by atoms with E-state index in [1.807, 2.05) is 0 Å². The van der Waals surface area contributed by atoms with Gasteiger partial charge in [0.1, 0.15) is 6.04 Å². The molecule has 49 valence electrons. The van der Waals surface area contributed by atoms with Crippen LogP contribution in [-0.2, 0) is 9.59 Å². The third-order valence-corrected chi connectivity index (χ3v) is 1.42. The number of likely N-dealkylation sites (tertiary alicyclic amines) is 1. The van der Waals surface area contributed by atoms with Crippen LogP contribution in [-0.4, -0.2) is 35.0 Å². The highest BCUT2D eigenvalue weighted by Crippen LogP contribution is 2.13. The Morgan fingerprint density at radius 1 is 1.78 bits per heavy atom. The van der Waals surface area contributed by atoms with Gasteiger partial charge in [0.05, 0.1) is 0 Å². The van der Waals surface area contributed by atoms with Crippen molar-refractivity contribution in [1.29, 1.82) is 0 Å². The number of amides is 1. The van der Waals surface area contributed by atoms with Gasteiger partial charge in [0, 0.05) is 6.54 Å². The number of aliphatic carboxylic acids is 1. The van der Waals surface area contributed by atoms with Crippen LogP contribution in [0.25, 0.3) is 0 Å². The average molecular weight is 128 g/mol. The van der Waals surface area contributed by atoms with Gasteiger partial charge in [-0.3, -0.25) is 4.79 Å². The molecule has 1 fully saturated rings. The van der Waals surface area contributed by atoms with Gasteiger partial charge in [-0.1, -0.05) is 0 Å². The van der Waals surface area contributed by atoms with Crippen molar-refractivity contribution < 1.29 is 14.7 Å². The third-order valence-electron chi connectivity index (χ3n) is 1.42. The van der Waals surface area contributed by atoms with Crippen LogP contribution in [0.2, 0.25) is 0 Å². The zero-order chi connectivity index (χ0) is 6.85. The van der Waals surface area contributed by atoms with E-state index in [0.29, 0.717) is 13.0 Å². The molecule has 0 aromatic heterocycles. The first kappa shape index (κ1) is 6.07. The highest BCUT2D eigenvalue weighted by atomic mass is 16.4. The second kappa shape index (κ2) is 2.05. The number of carboxylic acids is 1. The second-order valence-corrected chi connectivity index (χ2v) is 1.93. The largest absolute Gasteiger partial charge is 0.480 e. The molecular weight excluding hydrogens is 122 g/mol. The predicted octanol–water partition coefficient (Wildman–Crippen LogP) is -0.787. The lowest BCUT2D eigenvalue weighted by Crippen LogP contribution is -2.51. The lowest BCUT2D eigenvalue weighted by atomic mass is 10.1. The minimum absolute atomic E-state index is 0.528. The van der Waals surface area contributed by atoms with Crippen molar-refractivity contribution in [1.82, 2.24) is 4.90 Å². The van der Waals surface area contributed by atoms with E-state index in [1.165, 1.54) is 6.41 Å². The molecule has 0 aromatic carbocycles.